The third kappa shape index (κ3) is 4.47. The molecule has 96 valence electrons. The van der Waals surface area contributed by atoms with E-state index in [2.05, 4.69) is 37.4 Å². The summed E-state index contributed by atoms with van der Waals surface area (Å²) in [7, 11) is 0. The first kappa shape index (κ1) is 13.2. The Hall–Kier alpha value is -2.28. The van der Waals surface area contributed by atoms with Crippen molar-refractivity contribution in [2.75, 3.05) is 0 Å². The van der Waals surface area contributed by atoms with Crippen molar-refractivity contribution in [1.29, 1.82) is 0 Å². The Bertz CT molecular complexity index is 489. The molecule has 0 heterocycles. The van der Waals surface area contributed by atoms with Gasteiger partial charge in [0, 0.05) is 12.8 Å². The van der Waals surface area contributed by atoms with E-state index in [1.807, 2.05) is 36.4 Å². The van der Waals surface area contributed by atoms with Crippen LogP contribution in [0.3, 0.4) is 0 Å². The second-order valence-electron chi connectivity index (χ2n) is 4.50. The SMILES string of the molecule is C=C(Cc1ccccc1)OC(=C)Cc1ccccc1. The number of allylic oxidation sites excluding steroid dienone is 2. The zero-order valence-electron chi connectivity index (χ0n) is 11.0. The maximum atomic E-state index is 5.67. The molecule has 0 aliphatic carbocycles. The van der Waals surface area contributed by atoms with Gasteiger partial charge < -0.3 is 4.74 Å². The zero-order chi connectivity index (χ0) is 13.5. The fourth-order valence-corrected chi connectivity index (χ4v) is 1.92. The number of hydrogen-bond acceptors (Lipinski definition) is 1. The van der Waals surface area contributed by atoms with E-state index in [9.17, 15) is 0 Å². The van der Waals surface area contributed by atoms with Crippen LogP contribution in [-0.4, -0.2) is 0 Å². The second kappa shape index (κ2) is 6.60. The van der Waals surface area contributed by atoms with E-state index in [0.717, 1.165) is 11.5 Å². The highest BCUT2D eigenvalue weighted by Crippen LogP contribution is 2.14. The molecule has 0 aliphatic rings. The van der Waals surface area contributed by atoms with Gasteiger partial charge in [-0.25, -0.2) is 0 Å². The first-order valence-electron chi connectivity index (χ1n) is 6.35. The molecule has 0 amide bonds. The van der Waals surface area contributed by atoms with Crippen molar-refractivity contribution >= 4 is 0 Å². The minimum Gasteiger partial charge on any atom is -0.467 e. The molecule has 0 fully saturated rings. The summed E-state index contributed by atoms with van der Waals surface area (Å²) in [6.07, 6.45) is 1.43. The van der Waals surface area contributed by atoms with Gasteiger partial charge in [-0.1, -0.05) is 73.8 Å². The average Bonchev–Trinajstić information content (AvgIpc) is 2.40. The van der Waals surface area contributed by atoms with Crippen LogP contribution >= 0.6 is 0 Å². The molecule has 0 unspecified atom stereocenters. The maximum absolute atomic E-state index is 5.67. The molecule has 0 spiro atoms. The first-order chi connectivity index (χ1) is 9.24. The van der Waals surface area contributed by atoms with E-state index in [1.54, 1.807) is 0 Å². The lowest BCUT2D eigenvalue weighted by Gasteiger charge is -2.11. The third-order valence-corrected chi connectivity index (χ3v) is 2.78. The van der Waals surface area contributed by atoms with Gasteiger partial charge in [0.15, 0.2) is 0 Å². The number of rotatable bonds is 6. The normalized spacial score (nSPS) is 9.89. The van der Waals surface area contributed by atoms with E-state index < -0.39 is 0 Å². The molecule has 2 rings (SSSR count). The summed E-state index contributed by atoms with van der Waals surface area (Å²) in [4.78, 5) is 0. The molecule has 0 radical (unpaired) electrons. The third-order valence-electron chi connectivity index (χ3n) is 2.78. The second-order valence-corrected chi connectivity index (χ2v) is 4.50. The topological polar surface area (TPSA) is 9.23 Å². The molecule has 1 heteroatoms. The lowest BCUT2D eigenvalue weighted by molar-refractivity contribution is 0.292. The van der Waals surface area contributed by atoms with E-state index >= 15 is 0 Å². The molecular weight excluding hydrogens is 232 g/mol. The lowest BCUT2D eigenvalue weighted by Crippen LogP contribution is -1.98. The van der Waals surface area contributed by atoms with Crippen LogP contribution in [0.1, 0.15) is 11.1 Å². The molecule has 1 nitrogen and oxygen atoms in total. The standard InChI is InChI=1S/C18H18O/c1-15(13-17-9-5-3-6-10-17)19-16(2)14-18-11-7-4-8-12-18/h3-12H,1-2,13-14H2. The Balaban J connectivity index is 1.84. The van der Waals surface area contributed by atoms with Crippen molar-refractivity contribution in [1.82, 2.24) is 0 Å². The predicted molar refractivity (Wildman–Crippen MR) is 79.7 cm³/mol. The van der Waals surface area contributed by atoms with Crippen molar-refractivity contribution < 1.29 is 4.74 Å². The lowest BCUT2D eigenvalue weighted by atomic mass is 10.1. The molecular formula is C18H18O. The summed E-state index contributed by atoms with van der Waals surface area (Å²) in [5.41, 5.74) is 2.39. The van der Waals surface area contributed by atoms with Crippen LogP contribution in [0.2, 0.25) is 0 Å². The Morgan fingerprint density at radius 3 is 1.42 bits per heavy atom. The fraction of sp³-hybridized carbons (Fsp3) is 0.111. The molecule has 0 saturated carbocycles. The summed E-state index contributed by atoms with van der Waals surface area (Å²) >= 11 is 0. The van der Waals surface area contributed by atoms with Crippen LogP contribution in [0.4, 0.5) is 0 Å². The predicted octanol–water partition coefficient (Wildman–Crippen LogP) is 4.52. The van der Waals surface area contributed by atoms with Crippen molar-refractivity contribution in [3.8, 4) is 0 Å². The summed E-state index contributed by atoms with van der Waals surface area (Å²) in [6.45, 7) is 7.90. The Labute approximate surface area is 114 Å². The molecule has 0 saturated heterocycles. The van der Waals surface area contributed by atoms with Crippen LogP contribution in [0.25, 0.3) is 0 Å². The molecule has 0 bridgehead atoms. The van der Waals surface area contributed by atoms with Gasteiger partial charge in [0.2, 0.25) is 0 Å². The zero-order valence-corrected chi connectivity index (χ0v) is 11.0. The van der Waals surface area contributed by atoms with E-state index in [1.165, 1.54) is 11.1 Å². The number of hydrogen-bond donors (Lipinski definition) is 0. The molecule has 0 atom stereocenters. The first-order valence-corrected chi connectivity index (χ1v) is 6.35. The van der Waals surface area contributed by atoms with Gasteiger partial charge in [0.25, 0.3) is 0 Å². The van der Waals surface area contributed by atoms with E-state index in [-0.39, 0.29) is 0 Å². The molecule has 2 aromatic carbocycles. The molecule has 19 heavy (non-hydrogen) atoms. The summed E-state index contributed by atoms with van der Waals surface area (Å²) in [5, 5.41) is 0. The summed E-state index contributed by atoms with van der Waals surface area (Å²) in [5.74, 6) is 1.46. The van der Waals surface area contributed by atoms with E-state index in [4.69, 9.17) is 4.74 Å². The molecule has 0 aromatic heterocycles. The molecule has 0 aliphatic heterocycles. The maximum Gasteiger partial charge on any atom is 0.101 e. The summed E-state index contributed by atoms with van der Waals surface area (Å²) < 4.78 is 5.67. The highest BCUT2D eigenvalue weighted by molar-refractivity contribution is 5.21. The van der Waals surface area contributed by atoms with Gasteiger partial charge in [-0.3, -0.25) is 0 Å². The largest absolute Gasteiger partial charge is 0.467 e. The quantitative estimate of drug-likeness (QED) is 0.685. The van der Waals surface area contributed by atoms with Gasteiger partial charge >= 0.3 is 0 Å². The molecule has 2 aromatic rings. The van der Waals surface area contributed by atoms with Gasteiger partial charge in [-0.15, -0.1) is 0 Å². The van der Waals surface area contributed by atoms with Crippen molar-refractivity contribution in [3.05, 3.63) is 96.5 Å². The van der Waals surface area contributed by atoms with Gasteiger partial charge in [0.1, 0.15) is 11.5 Å². The highest BCUT2D eigenvalue weighted by atomic mass is 16.5. The number of benzene rings is 2. The Kier molecular flexibility index (Phi) is 4.57. The Morgan fingerprint density at radius 2 is 1.05 bits per heavy atom. The van der Waals surface area contributed by atoms with Crippen molar-refractivity contribution in [3.63, 3.8) is 0 Å². The van der Waals surface area contributed by atoms with Crippen LogP contribution < -0.4 is 0 Å². The highest BCUT2D eigenvalue weighted by Gasteiger charge is 2.02. The smallest absolute Gasteiger partial charge is 0.101 e. The monoisotopic (exact) mass is 250 g/mol. The van der Waals surface area contributed by atoms with E-state index in [0.29, 0.717) is 12.8 Å². The minimum atomic E-state index is 0.717. The molecule has 0 N–H and O–H groups in total. The van der Waals surface area contributed by atoms with Gasteiger partial charge in [-0.05, 0) is 11.1 Å². The van der Waals surface area contributed by atoms with Crippen molar-refractivity contribution in [2.24, 2.45) is 0 Å². The minimum absolute atomic E-state index is 0.717. The number of ether oxygens (including phenoxy) is 1. The van der Waals surface area contributed by atoms with Crippen LogP contribution in [0, 0.1) is 0 Å². The van der Waals surface area contributed by atoms with Crippen LogP contribution in [0.5, 0.6) is 0 Å². The van der Waals surface area contributed by atoms with Crippen molar-refractivity contribution in [2.45, 2.75) is 12.8 Å². The van der Waals surface area contributed by atoms with Crippen LogP contribution in [-0.2, 0) is 17.6 Å². The van der Waals surface area contributed by atoms with Gasteiger partial charge in [-0.2, -0.15) is 0 Å². The average molecular weight is 250 g/mol. The Morgan fingerprint density at radius 1 is 0.684 bits per heavy atom. The van der Waals surface area contributed by atoms with Crippen LogP contribution in [0.15, 0.2) is 85.3 Å². The van der Waals surface area contributed by atoms with Gasteiger partial charge in [0.05, 0.1) is 0 Å². The summed E-state index contributed by atoms with van der Waals surface area (Å²) in [6, 6.07) is 20.3. The fourth-order valence-electron chi connectivity index (χ4n) is 1.92.